The largest absolute Gasteiger partial charge is 0.290 e. The molecular weight excluding hydrogens is 136 g/mol. The van der Waals surface area contributed by atoms with Gasteiger partial charge in [-0.1, -0.05) is 30.4 Å². The summed E-state index contributed by atoms with van der Waals surface area (Å²) in [4.78, 5) is 11.0. The molecule has 0 heterocycles. The predicted molar refractivity (Wildman–Crippen MR) is 47.4 cm³/mol. The van der Waals surface area contributed by atoms with Crippen LogP contribution >= 0.6 is 0 Å². The fourth-order valence-corrected chi connectivity index (χ4v) is 0.825. The maximum absolute atomic E-state index is 11.0. The van der Waals surface area contributed by atoms with Gasteiger partial charge in [-0.15, -0.1) is 0 Å². The Balaban J connectivity index is 3.33. The molecule has 0 spiro atoms. The zero-order chi connectivity index (χ0) is 8.27. The molecule has 0 radical (unpaired) electrons. The molecule has 0 N–H and O–H groups in total. The summed E-state index contributed by atoms with van der Waals surface area (Å²) in [7, 11) is 0. The first-order chi connectivity index (χ1) is 5.20. The maximum atomic E-state index is 11.0. The highest BCUT2D eigenvalue weighted by Crippen LogP contribution is 2.06. The summed E-state index contributed by atoms with van der Waals surface area (Å²) < 4.78 is 0. The van der Waals surface area contributed by atoms with Crippen molar-refractivity contribution in [3.63, 3.8) is 0 Å². The summed E-state index contributed by atoms with van der Waals surface area (Å²) in [6.45, 7) is 5.64. The molecular formula is C10H10O. The summed E-state index contributed by atoms with van der Waals surface area (Å²) in [5.41, 5.74) is 1.84. The van der Waals surface area contributed by atoms with E-state index in [1.54, 1.807) is 12.1 Å². The molecule has 0 aromatic heterocycles. The Kier molecular flexibility index (Phi) is 2.21. The molecule has 0 bridgehead atoms. The van der Waals surface area contributed by atoms with Crippen molar-refractivity contribution in [2.45, 2.75) is 6.92 Å². The Morgan fingerprint density at radius 2 is 2.00 bits per heavy atom. The fourth-order valence-electron chi connectivity index (χ4n) is 0.825. The Bertz CT molecular complexity index is 326. The van der Waals surface area contributed by atoms with Gasteiger partial charge in [-0.25, -0.2) is 0 Å². The SMILES string of the molecule is C=C(C)c1ccccc(=O)c1. The van der Waals surface area contributed by atoms with Crippen LogP contribution < -0.4 is 5.43 Å². The second-order valence-electron chi connectivity index (χ2n) is 2.50. The number of hydrogen-bond donors (Lipinski definition) is 0. The van der Waals surface area contributed by atoms with Gasteiger partial charge in [-0.05, 0) is 24.6 Å². The molecule has 0 saturated heterocycles. The van der Waals surface area contributed by atoms with E-state index in [0.717, 1.165) is 11.1 Å². The summed E-state index contributed by atoms with van der Waals surface area (Å²) in [6, 6.07) is 8.57. The number of allylic oxidation sites excluding steroid dienone is 1. The molecule has 0 saturated carbocycles. The Labute approximate surface area is 66.0 Å². The summed E-state index contributed by atoms with van der Waals surface area (Å²) >= 11 is 0. The molecule has 0 aliphatic rings. The number of rotatable bonds is 1. The number of hydrogen-bond acceptors (Lipinski definition) is 1. The van der Waals surface area contributed by atoms with Crippen LogP contribution in [0.1, 0.15) is 12.5 Å². The molecule has 0 fully saturated rings. The zero-order valence-electron chi connectivity index (χ0n) is 6.50. The first kappa shape index (κ1) is 7.73. The van der Waals surface area contributed by atoms with Gasteiger partial charge in [0.1, 0.15) is 0 Å². The zero-order valence-corrected chi connectivity index (χ0v) is 6.50. The van der Waals surface area contributed by atoms with Gasteiger partial charge >= 0.3 is 0 Å². The first-order valence-electron chi connectivity index (χ1n) is 3.46. The van der Waals surface area contributed by atoms with E-state index in [4.69, 9.17) is 0 Å². The highest BCUT2D eigenvalue weighted by Gasteiger charge is 1.89. The van der Waals surface area contributed by atoms with Crippen molar-refractivity contribution >= 4 is 5.57 Å². The fraction of sp³-hybridized carbons (Fsp3) is 0.100. The van der Waals surface area contributed by atoms with Crippen molar-refractivity contribution in [1.82, 2.24) is 0 Å². The van der Waals surface area contributed by atoms with Crippen molar-refractivity contribution in [3.8, 4) is 0 Å². The maximum Gasteiger partial charge on any atom is 0.179 e. The van der Waals surface area contributed by atoms with E-state index in [2.05, 4.69) is 6.58 Å². The van der Waals surface area contributed by atoms with Crippen LogP contribution in [0.15, 0.2) is 41.7 Å². The Morgan fingerprint density at radius 3 is 2.64 bits per heavy atom. The van der Waals surface area contributed by atoms with Gasteiger partial charge in [0.25, 0.3) is 0 Å². The van der Waals surface area contributed by atoms with Crippen LogP contribution in [0.3, 0.4) is 0 Å². The van der Waals surface area contributed by atoms with Crippen LogP contribution in [0.5, 0.6) is 0 Å². The molecule has 56 valence electrons. The van der Waals surface area contributed by atoms with Crippen molar-refractivity contribution in [1.29, 1.82) is 0 Å². The van der Waals surface area contributed by atoms with Crippen LogP contribution in [-0.4, -0.2) is 0 Å². The van der Waals surface area contributed by atoms with Crippen LogP contribution in [0.25, 0.3) is 5.57 Å². The molecule has 0 atom stereocenters. The average Bonchev–Trinajstić information content (AvgIpc) is 2.13. The second-order valence-corrected chi connectivity index (χ2v) is 2.50. The molecule has 1 rings (SSSR count). The van der Waals surface area contributed by atoms with Gasteiger partial charge in [0.05, 0.1) is 0 Å². The van der Waals surface area contributed by atoms with Crippen molar-refractivity contribution in [3.05, 3.63) is 52.7 Å². The highest BCUT2D eigenvalue weighted by molar-refractivity contribution is 5.60. The lowest BCUT2D eigenvalue weighted by Gasteiger charge is -1.90. The third kappa shape index (κ3) is 2.04. The smallest absolute Gasteiger partial charge is 0.179 e. The standard InChI is InChI=1S/C10H10O/c1-8(2)9-5-3-4-6-10(11)7-9/h3-7H,1H2,2H3. The van der Waals surface area contributed by atoms with Gasteiger partial charge in [-0.2, -0.15) is 0 Å². The van der Waals surface area contributed by atoms with Gasteiger partial charge in [0.15, 0.2) is 5.43 Å². The van der Waals surface area contributed by atoms with Crippen LogP contribution in [-0.2, 0) is 0 Å². The topological polar surface area (TPSA) is 17.1 Å². The monoisotopic (exact) mass is 146 g/mol. The van der Waals surface area contributed by atoms with E-state index in [1.165, 1.54) is 6.07 Å². The lowest BCUT2D eigenvalue weighted by atomic mass is 10.1. The van der Waals surface area contributed by atoms with Crippen LogP contribution in [0, 0.1) is 0 Å². The van der Waals surface area contributed by atoms with Gasteiger partial charge in [0.2, 0.25) is 0 Å². The molecule has 0 aliphatic heterocycles. The van der Waals surface area contributed by atoms with Crippen molar-refractivity contribution < 1.29 is 0 Å². The van der Waals surface area contributed by atoms with Crippen LogP contribution in [0.4, 0.5) is 0 Å². The minimum absolute atomic E-state index is 0.0213. The quantitative estimate of drug-likeness (QED) is 0.592. The second kappa shape index (κ2) is 3.15. The molecule has 0 unspecified atom stereocenters. The molecule has 1 aromatic carbocycles. The Hall–Kier alpha value is -1.37. The average molecular weight is 146 g/mol. The van der Waals surface area contributed by atoms with E-state index >= 15 is 0 Å². The predicted octanol–water partition coefficient (Wildman–Crippen LogP) is 2.08. The molecule has 1 heteroatoms. The van der Waals surface area contributed by atoms with Gasteiger partial charge in [0, 0.05) is 0 Å². The van der Waals surface area contributed by atoms with E-state index in [9.17, 15) is 4.79 Å². The summed E-state index contributed by atoms with van der Waals surface area (Å²) in [5, 5.41) is 0. The van der Waals surface area contributed by atoms with Crippen molar-refractivity contribution in [2.75, 3.05) is 0 Å². The third-order valence-electron chi connectivity index (χ3n) is 1.44. The van der Waals surface area contributed by atoms with E-state index in [0.29, 0.717) is 0 Å². The summed E-state index contributed by atoms with van der Waals surface area (Å²) in [5.74, 6) is 0. The normalized spacial score (nSPS) is 9.18. The lowest BCUT2D eigenvalue weighted by Crippen LogP contribution is -1.91. The minimum Gasteiger partial charge on any atom is -0.290 e. The van der Waals surface area contributed by atoms with Gasteiger partial charge in [-0.3, -0.25) is 4.79 Å². The molecule has 1 aromatic rings. The molecule has 11 heavy (non-hydrogen) atoms. The molecule has 0 amide bonds. The van der Waals surface area contributed by atoms with Gasteiger partial charge < -0.3 is 0 Å². The minimum atomic E-state index is 0.0213. The molecule has 1 nitrogen and oxygen atoms in total. The molecule has 0 aliphatic carbocycles. The third-order valence-corrected chi connectivity index (χ3v) is 1.44. The van der Waals surface area contributed by atoms with Crippen molar-refractivity contribution in [2.24, 2.45) is 0 Å². The summed E-state index contributed by atoms with van der Waals surface area (Å²) in [6.07, 6.45) is 0. The van der Waals surface area contributed by atoms with Crippen LogP contribution in [0.2, 0.25) is 0 Å². The van der Waals surface area contributed by atoms with E-state index < -0.39 is 0 Å². The lowest BCUT2D eigenvalue weighted by molar-refractivity contribution is 1.59. The first-order valence-corrected chi connectivity index (χ1v) is 3.46. The Morgan fingerprint density at radius 1 is 1.36 bits per heavy atom. The highest BCUT2D eigenvalue weighted by atomic mass is 16.1. The van der Waals surface area contributed by atoms with E-state index in [-0.39, 0.29) is 5.43 Å². The van der Waals surface area contributed by atoms with E-state index in [1.807, 2.05) is 19.1 Å².